The van der Waals surface area contributed by atoms with Crippen molar-refractivity contribution in [3.8, 4) is 11.6 Å². The van der Waals surface area contributed by atoms with E-state index in [9.17, 15) is 9.90 Å². The molecule has 2 heterocycles. The summed E-state index contributed by atoms with van der Waals surface area (Å²) in [6.45, 7) is 0. The summed E-state index contributed by atoms with van der Waals surface area (Å²) in [6.07, 6.45) is 4.21. The van der Waals surface area contributed by atoms with Crippen molar-refractivity contribution in [3.05, 3.63) is 66.3 Å². The van der Waals surface area contributed by atoms with Crippen LogP contribution in [0, 0.1) is 0 Å². The van der Waals surface area contributed by atoms with E-state index < -0.39 is 11.7 Å². The molecule has 0 aliphatic carbocycles. The summed E-state index contributed by atoms with van der Waals surface area (Å²) in [6, 6.07) is 12.2. The van der Waals surface area contributed by atoms with E-state index in [1.807, 2.05) is 6.07 Å². The molecule has 2 aromatic heterocycles. The van der Waals surface area contributed by atoms with E-state index in [4.69, 9.17) is 4.42 Å². The van der Waals surface area contributed by atoms with Gasteiger partial charge in [-0.25, -0.2) is 0 Å². The lowest BCUT2D eigenvalue weighted by Crippen LogP contribution is -2.38. The Morgan fingerprint density at radius 2 is 2.00 bits per heavy atom. The molecule has 0 aliphatic rings. The fourth-order valence-corrected chi connectivity index (χ4v) is 1.82. The number of benzene rings is 1. The Kier molecular flexibility index (Phi) is 3.34. The van der Waals surface area contributed by atoms with Crippen LogP contribution < -0.4 is 9.79 Å². The molecule has 21 heavy (non-hydrogen) atoms. The lowest BCUT2D eigenvalue weighted by molar-refractivity contribution is -0.672. The maximum atomic E-state index is 12.2. The number of furan rings is 1. The van der Waals surface area contributed by atoms with Gasteiger partial charge in [-0.2, -0.15) is 0 Å². The Labute approximate surface area is 119 Å². The average molecular weight is 282 g/mol. The zero-order valence-corrected chi connectivity index (χ0v) is 10.8. The first-order chi connectivity index (χ1) is 10.3. The van der Waals surface area contributed by atoms with Crippen molar-refractivity contribution >= 4 is 11.9 Å². The summed E-state index contributed by atoms with van der Waals surface area (Å²) in [5, 5.41) is 15.3. The van der Waals surface area contributed by atoms with Crippen molar-refractivity contribution in [2.45, 2.75) is 0 Å². The topological polar surface area (TPSA) is 83.2 Å². The lowest BCUT2D eigenvalue weighted by Gasteiger charge is -1.93. The summed E-state index contributed by atoms with van der Waals surface area (Å²) < 4.78 is 10.8. The third kappa shape index (κ3) is 2.59. The highest BCUT2D eigenvalue weighted by molar-refractivity contribution is 6.05. The van der Waals surface area contributed by atoms with Gasteiger partial charge in [0.2, 0.25) is 5.69 Å². The Hall–Kier alpha value is -3.15. The molecule has 0 spiro atoms. The van der Waals surface area contributed by atoms with E-state index in [0.29, 0.717) is 11.4 Å². The van der Waals surface area contributed by atoms with Crippen LogP contribution in [0.3, 0.4) is 0 Å². The summed E-state index contributed by atoms with van der Waals surface area (Å²) in [7, 11) is 0. The van der Waals surface area contributed by atoms with E-state index in [1.165, 1.54) is 23.1 Å². The lowest BCUT2D eigenvalue weighted by atomic mass is 10.2. The molecule has 0 amide bonds. The summed E-state index contributed by atoms with van der Waals surface area (Å²) in [4.78, 5) is 12.2. The van der Waals surface area contributed by atoms with Crippen molar-refractivity contribution in [2.75, 3.05) is 0 Å². The van der Waals surface area contributed by atoms with Gasteiger partial charge in [-0.1, -0.05) is 18.2 Å². The first kappa shape index (κ1) is 12.9. The molecular formula is C15H10N2O4. The molecular weight excluding hydrogens is 272 g/mol. The van der Waals surface area contributed by atoms with Gasteiger partial charge in [0.05, 0.1) is 11.5 Å². The van der Waals surface area contributed by atoms with E-state index in [1.54, 1.807) is 36.4 Å². The normalized spacial score (nSPS) is 11.0. The molecule has 0 radical (unpaired) electrons. The number of carbonyl (C=O) groups is 1. The molecule has 0 saturated carbocycles. The molecule has 0 fully saturated rings. The minimum atomic E-state index is -0.784. The standard InChI is InChI=1S/C15H10N2O4/c18-13(9-8-12-7-4-10-20-12)14-15(19)21-16-17(14)11-5-2-1-3-6-11/h1-10H/b9-8+. The van der Waals surface area contributed by atoms with Crippen LogP contribution in [-0.2, 0) is 0 Å². The second kappa shape index (κ2) is 5.46. The van der Waals surface area contributed by atoms with Gasteiger partial charge in [-0.3, -0.25) is 4.79 Å². The van der Waals surface area contributed by atoms with Gasteiger partial charge in [0.25, 0.3) is 5.78 Å². The van der Waals surface area contributed by atoms with Crippen LogP contribution in [0.5, 0.6) is 5.95 Å². The maximum Gasteiger partial charge on any atom is 0.310 e. The third-order valence-electron chi connectivity index (χ3n) is 2.79. The minimum Gasteiger partial charge on any atom is -0.539 e. The number of carbonyl (C=O) groups excluding carboxylic acids is 1. The van der Waals surface area contributed by atoms with Crippen LogP contribution in [0.1, 0.15) is 16.2 Å². The van der Waals surface area contributed by atoms with Crippen molar-refractivity contribution in [1.29, 1.82) is 0 Å². The largest absolute Gasteiger partial charge is 0.539 e. The van der Waals surface area contributed by atoms with Crippen LogP contribution in [0.4, 0.5) is 0 Å². The monoisotopic (exact) mass is 282 g/mol. The molecule has 0 atom stereocenters. The van der Waals surface area contributed by atoms with E-state index in [0.717, 1.165) is 0 Å². The Balaban J connectivity index is 1.95. The number of rotatable bonds is 4. The van der Waals surface area contributed by atoms with Crippen LogP contribution in [0.25, 0.3) is 11.8 Å². The molecule has 0 aliphatic heterocycles. The first-order valence-corrected chi connectivity index (χ1v) is 6.16. The van der Waals surface area contributed by atoms with Crippen LogP contribution >= 0.6 is 0 Å². The van der Waals surface area contributed by atoms with Gasteiger partial charge >= 0.3 is 5.69 Å². The SMILES string of the molecule is O=C(/C=C/c1ccco1)c1c([O-])on[n+]1-c1ccccc1. The van der Waals surface area contributed by atoms with Crippen LogP contribution in [0.2, 0.25) is 0 Å². The Morgan fingerprint density at radius 3 is 2.71 bits per heavy atom. The van der Waals surface area contributed by atoms with E-state index in [2.05, 4.69) is 9.79 Å². The van der Waals surface area contributed by atoms with Gasteiger partial charge in [-0.15, -0.1) is 0 Å². The predicted octanol–water partition coefficient (Wildman–Crippen LogP) is 1.51. The number of nitrogens with zero attached hydrogens (tertiary/aromatic N) is 2. The first-order valence-electron chi connectivity index (χ1n) is 6.16. The molecule has 3 rings (SSSR count). The fourth-order valence-electron chi connectivity index (χ4n) is 1.82. The minimum absolute atomic E-state index is 0.163. The summed E-state index contributed by atoms with van der Waals surface area (Å²) >= 11 is 0. The predicted molar refractivity (Wildman–Crippen MR) is 69.6 cm³/mol. The van der Waals surface area contributed by atoms with Gasteiger partial charge in [0.15, 0.2) is 5.95 Å². The van der Waals surface area contributed by atoms with Crippen molar-refractivity contribution in [2.24, 2.45) is 0 Å². The summed E-state index contributed by atoms with van der Waals surface area (Å²) in [5.41, 5.74) is 0.405. The van der Waals surface area contributed by atoms with E-state index in [-0.39, 0.29) is 5.69 Å². The highest BCUT2D eigenvalue weighted by Crippen LogP contribution is 2.12. The highest BCUT2D eigenvalue weighted by atomic mass is 16.6. The van der Waals surface area contributed by atoms with Gasteiger partial charge in [0, 0.05) is 12.1 Å². The molecule has 0 bridgehead atoms. The van der Waals surface area contributed by atoms with Crippen molar-refractivity contribution in [1.82, 2.24) is 5.27 Å². The third-order valence-corrected chi connectivity index (χ3v) is 2.79. The van der Waals surface area contributed by atoms with Gasteiger partial charge in [0.1, 0.15) is 5.76 Å². The smallest absolute Gasteiger partial charge is 0.310 e. The number of para-hydroxylation sites is 1. The molecule has 6 nitrogen and oxygen atoms in total. The molecule has 0 N–H and O–H groups in total. The number of allylic oxidation sites excluding steroid dienone is 1. The molecule has 6 heteroatoms. The maximum absolute atomic E-state index is 12.2. The van der Waals surface area contributed by atoms with Gasteiger partial charge in [-0.05, 0) is 29.0 Å². The molecule has 3 aromatic rings. The number of aromatic nitrogens is 2. The van der Waals surface area contributed by atoms with Crippen molar-refractivity contribution in [3.63, 3.8) is 0 Å². The average Bonchev–Trinajstić information content (AvgIpc) is 3.15. The zero-order valence-electron chi connectivity index (χ0n) is 10.8. The fraction of sp³-hybridized carbons (Fsp3) is 0. The molecule has 0 saturated heterocycles. The Bertz CT molecular complexity index is 773. The van der Waals surface area contributed by atoms with Crippen LogP contribution in [-0.4, -0.2) is 11.1 Å². The molecule has 0 unspecified atom stereocenters. The highest BCUT2D eigenvalue weighted by Gasteiger charge is 2.25. The molecule has 104 valence electrons. The van der Waals surface area contributed by atoms with Crippen molar-refractivity contribution < 1.29 is 23.5 Å². The van der Waals surface area contributed by atoms with Gasteiger partial charge < -0.3 is 14.0 Å². The number of hydrogen-bond donors (Lipinski definition) is 0. The number of ketones is 1. The Morgan fingerprint density at radius 1 is 1.19 bits per heavy atom. The number of hydrogen-bond acceptors (Lipinski definition) is 5. The second-order valence-corrected chi connectivity index (χ2v) is 4.17. The quantitative estimate of drug-likeness (QED) is 0.411. The zero-order chi connectivity index (χ0) is 14.7. The summed E-state index contributed by atoms with van der Waals surface area (Å²) in [5.74, 6) is -0.784. The van der Waals surface area contributed by atoms with E-state index >= 15 is 0 Å². The second-order valence-electron chi connectivity index (χ2n) is 4.17. The van der Waals surface area contributed by atoms with Crippen LogP contribution in [0.15, 0.2) is 63.7 Å². The molecule has 1 aromatic carbocycles.